The van der Waals surface area contributed by atoms with Crippen molar-refractivity contribution in [2.24, 2.45) is 0 Å². The molecular weight excluding hydrogens is 249 g/mol. The lowest BCUT2D eigenvalue weighted by molar-refractivity contribution is -0.145. The monoisotopic (exact) mass is 262 g/mol. The molecule has 1 unspecified atom stereocenters. The largest absolute Gasteiger partial charge is 0.468 e. The summed E-state index contributed by atoms with van der Waals surface area (Å²) in [4.78, 5) is 11.5. The van der Waals surface area contributed by atoms with Gasteiger partial charge in [-0.25, -0.2) is 0 Å². The molecule has 0 saturated heterocycles. The smallest absolute Gasteiger partial charge is 0.416 e. The van der Waals surface area contributed by atoms with Crippen molar-refractivity contribution in [1.29, 1.82) is 0 Å². The van der Waals surface area contributed by atoms with E-state index in [-0.39, 0.29) is 12.2 Å². The molecular formula is C12H13F3O3. The van der Waals surface area contributed by atoms with Crippen LogP contribution in [-0.2, 0) is 20.4 Å². The standard InChI is InChI=1S/C12H13F3O3/c1-17-7-9(11(16)18-2)8-5-3-4-6-10(8)12(13,14)15/h3-6,9H,7H2,1-2H3. The molecule has 0 spiro atoms. The SMILES string of the molecule is COCC(C(=O)OC)c1ccccc1C(F)(F)F. The quantitative estimate of drug-likeness (QED) is 0.782. The fourth-order valence-corrected chi connectivity index (χ4v) is 1.65. The zero-order valence-corrected chi connectivity index (χ0v) is 9.95. The van der Waals surface area contributed by atoms with Crippen LogP contribution in [0.25, 0.3) is 0 Å². The third kappa shape index (κ3) is 3.22. The van der Waals surface area contributed by atoms with Gasteiger partial charge in [0.1, 0.15) is 5.92 Å². The number of methoxy groups -OCH3 is 2. The Morgan fingerprint density at radius 1 is 1.28 bits per heavy atom. The molecule has 1 aromatic rings. The molecule has 0 bridgehead atoms. The maximum absolute atomic E-state index is 12.8. The van der Waals surface area contributed by atoms with Crippen molar-refractivity contribution >= 4 is 5.97 Å². The Bertz CT molecular complexity index is 415. The summed E-state index contributed by atoms with van der Waals surface area (Å²) in [6.07, 6.45) is -4.52. The van der Waals surface area contributed by atoms with Crippen molar-refractivity contribution in [2.75, 3.05) is 20.8 Å². The average Bonchev–Trinajstić information content (AvgIpc) is 2.34. The first kappa shape index (κ1) is 14.5. The predicted octanol–water partition coefficient (Wildman–Crippen LogP) is 2.61. The molecule has 0 amide bonds. The molecule has 18 heavy (non-hydrogen) atoms. The molecule has 0 saturated carbocycles. The summed E-state index contributed by atoms with van der Waals surface area (Å²) in [5.41, 5.74) is -0.990. The second-order valence-electron chi connectivity index (χ2n) is 3.62. The number of carbonyl (C=O) groups excluding carboxylic acids is 1. The number of esters is 1. The van der Waals surface area contributed by atoms with Crippen LogP contribution in [0.5, 0.6) is 0 Å². The molecule has 0 radical (unpaired) electrons. The van der Waals surface area contributed by atoms with Crippen LogP contribution >= 0.6 is 0 Å². The van der Waals surface area contributed by atoms with Gasteiger partial charge in [0, 0.05) is 7.11 Å². The molecule has 3 nitrogen and oxygen atoms in total. The molecule has 0 N–H and O–H groups in total. The number of ether oxygens (including phenoxy) is 2. The minimum atomic E-state index is -4.52. The number of hydrogen-bond acceptors (Lipinski definition) is 3. The Morgan fingerprint density at radius 3 is 2.39 bits per heavy atom. The van der Waals surface area contributed by atoms with Crippen LogP contribution < -0.4 is 0 Å². The van der Waals surface area contributed by atoms with E-state index in [0.717, 1.165) is 13.2 Å². The Morgan fingerprint density at radius 2 is 1.89 bits per heavy atom. The second-order valence-corrected chi connectivity index (χ2v) is 3.62. The molecule has 1 rings (SSSR count). The zero-order valence-electron chi connectivity index (χ0n) is 9.95. The minimum Gasteiger partial charge on any atom is -0.468 e. The van der Waals surface area contributed by atoms with E-state index >= 15 is 0 Å². The van der Waals surface area contributed by atoms with E-state index in [1.165, 1.54) is 25.3 Å². The van der Waals surface area contributed by atoms with Gasteiger partial charge in [0.05, 0.1) is 19.3 Å². The fourth-order valence-electron chi connectivity index (χ4n) is 1.65. The molecule has 0 aliphatic carbocycles. The molecule has 1 atom stereocenters. The molecule has 0 aliphatic rings. The summed E-state index contributed by atoms with van der Waals surface area (Å²) >= 11 is 0. The third-order valence-electron chi connectivity index (χ3n) is 2.46. The number of hydrogen-bond donors (Lipinski definition) is 0. The van der Waals surface area contributed by atoms with Gasteiger partial charge in [0.15, 0.2) is 0 Å². The highest BCUT2D eigenvalue weighted by molar-refractivity contribution is 5.78. The summed E-state index contributed by atoms with van der Waals surface area (Å²) in [6, 6.07) is 4.90. The highest BCUT2D eigenvalue weighted by Crippen LogP contribution is 2.35. The summed E-state index contributed by atoms with van der Waals surface area (Å²) in [6.45, 7) is -0.167. The van der Waals surface area contributed by atoms with Gasteiger partial charge in [-0.15, -0.1) is 0 Å². The van der Waals surface area contributed by atoms with E-state index in [0.29, 0.717) is 0 Å². The molecule has 0 fully saturated rings. The van der Waals surface area contributed by atoms with E-state index < -0.39 is 23.6 Å². The van der Waals surface area contributed by atoms with Gasteiger partial charge in [0.2, 0.25) is 0 Å². The lowest BCUT2D eigenvalue weighted by Gasteiger charge is -2.19. The van der Waals surface area contributed by atoms with Crippen LogP contribution in [0.1, 0.15) is 17.0 Å². The highest BCUT2D eigenvalue weighted by Gasteiger charge is 2.37. The van der Waals surface area contributed by atoms with Gasteiger partial charge in [-0.3, -0.25) is 4.79 Å². The van der Waals surface area contributed by atoms with Crippen LogP contribution in [0.4, 0.5) is 13.2 Å². The third-order valence-corrected chi connectivity index (χ3v) is 2.46. The molecule has 1 aromatic carbocycles. The van der Waals surface area contributed by atoms with Gasteiger partial charge < -0.3 is 9.47 Å². The first-order valence-electron chi connectivity index (χ1n) is 5.14. The van der Waals surface area contributed by atoms with E-state index in [4.69, 9.17) is 4.74 Å². The summed E-state index contributed by atoms with van der Waals surface area (Å²) in [7, 11) is 2.44. The number of rotatable bonds is 4. The summed E-state index contributed by atoms with van der Waals surface area (Å²) in [5, 5.41) is 0. The van der Waals surface area contributed by atoms with Crippen LogP contribution in [0, 0.1) is 0 Å². The van der Waals surface area contributed by atoms with E-state index in [1.54, 1.807) is 0 Å². The molecule has 100 valence electrons. The normalized spacial score (nSPS) is 13.2. The highest BCUT2D eigenvalue weighted by atomic mass is 19.4. The van der Waals surface area contributed by atoms with Crippen LogP contribution in [0.2, 0.25) is 0 Å². The van der Waals surface area contributed by atoms with Gasteiger partial charge >= 0.3 is 12.1 Å². The van der Waals surface area contributed by atoms with Crippen molar-refractivity contribution in [3.8, 4) is 0 Å². The summed E-state index contributed by atoms with van der Waals surface area (Å²) < 4.78 is 47.8. The first-order valence-corrected chi connectivity index (χ1v) is 5.14. The number of halogens is 3. The Labute approximate surface area is 103 Å². The fraction of sp³-hybridized carbons (Fsp3) is 0.417. The maximum atomic E-state index is 12.8. The molecule has 0 aromatic heterocycles. The van der Waals surface area contributed by atoms with Gasteiger partial charge in [0.25, 0.3) is 0 Å². The number of alkyl halides is 3. The number of benzene rings is 1. The average molecular weight is 262 g/mol. The van der Waals surface area contributed by atoms with E-state index in [1.807, 2.05) is 0 Å². The van der Waals surface area contributed by atoms with Gasteiger partial charge in [-0.05, 0) is 11.6 Å². The predicted molar refractivity (Wildman–Crippen MR) is 58.1 cm³/mol. The Kier molecular flexibility index (Phi) is 4.72. The topological polar surface area (TPSA) is 35.5 Å². The number of carbonyl (C=O) groups is 1. The van der Waals surface area contributed by atoms with Crippen molar-refractivity contribution in [3.63, 3.8) is 0 Å². The first-order chi connectivity index (χ1) is 8.41. The Hall–Kier alpha value is -1.56. The Balaban J connectivity index is 3.24. The van der Waals surface area contributed by atoms with Crippen LogP contribution in [0.15, 0.2) is 24.3 Å². The zero-order chi connectivity index (χ0) is 13.8. The molecule has 0 heterocycles. The van der Waals surface area contributed by atoms with Crippen molar-refractivity contribution in [1.82, 2.24) is 0 Å². The van der Waals surface area contributed by atoms with Crippen LogP contribution in [0.3, 0.4) is 0 Å². The van der Waals surface area contributed by atoms with Crippen molar-refractivity contribution in [3.05, 3.63) is 35.4 Å². The maximum Gasteiger partial charge on any atom is 0.416 e. The summed E-state index contributed by atoms with van der Waals surface area (Å²) in [5.74, 6) is -1.84. The van der Waals surface area contributed by atoms with Gasteiger partial charge in [-0.2, -0.15) is 13.2 Å². The van der Waals surface area contributed by atoms with Gasteiger partial charge in [-0.1, -0.05) is 18.2 Å². The minimum absolute atomic E-state index is 0.140. The molecule has 0 aliphatic heterocycles. The van der Waals surface area contributed by atoms with Crippen LogP contribution in [-0.4, -0.2) is 26.8 Å². The lowest BCUT2D eigenvalue weighted by Crippen LogP contribution is -2.22. The molecule has 6 heteroatoms. The van der Waals surface area contributed by atoms with E-state index in [9.17, 15) is 18.0 Å². The lowest BCUT2D eigenvalue weighted by atomic mass is 9.94. The van der Waals surface area contributed by atoms with E-state index in [2.05, 4.69) is 4.74 Å². The second kappa shape index (κ2) is 5.86. The van der Waals surface area contributed by atoms with Crippen molar-refractivity contribution in [2.45, 2.75) is 12.1 Å². The van der Waals surface area contributed by atoms with Crippen molar-refractivity contribution < 1.29 is 27.4 Å².